The van der Waals surface area contributed by atoms with Gasteiger partial charge in [0, 0.05) is 12.0 Å². The first-order valence-electron chi connectivity index (χ1n) is 7.97. The van der Waals surface area contributed by atoms with Crippen LogP contribution in [0.15, 0.2) is 59.0 Å². The highest BCUT2D eigenvalue weighted by molar-refractivity contribution is 5.53. The Morgan fingerprint density at radius 1 is 0.783 bits per heavy atom. The van der Waals surface area contributed by atoms with Gasteiger partial charge >= 0.3 is 0 Å². The summed E-state index contributed by atoms with van der Waals surface area (Å²) in [5.74, 6) is 1.41. The molecule has 0 atom stereocenters. The zero-order valence-corrected chi connectivity index (χ0v) is 13.0. The van der Waals surface area contributed by atoms with E-state index < -0.39 is 0 Å². The summed E-state index contributed by atoms with van der Waals surface area (Å²) < 4.78 is 5.67. The lowest BCUT2D eigenvalue weighted by Crippen LogP contribution is -1.89. The van der Waals surface area contributed by atoms with Crippen molar-refractivity contribution in [3.8, 4) is 17.2 Å². The van der Waals surface area contributed by atoms with Gasteiger partial charge in [-0.3, -0.25) is 0 Å². The molecule has 4 heteroatoms. The van der Waals surface area contributed by atoms with Crippen molar-refractivity contribution in [1.82, 2.24) is 10.2 Å². The molecule has 0 saturated heterocycles. The molecule has 23 heavy (non-hydrogen) atoms. The maximum Gasteiger partial charge on any atom is 0.247 e. The molecule has 0 bridgehead atoms. The van der Waals surface area contributed by atoms with Gasteiger partial charge in [0.1, 0.15) is 5.75 Å². The van der Waals surface area contributed by atoms with Crippen LogP contribution in [0.25, 0.3) is 11.5 Å². The molecule has 0 saturated carbocycles. The van der Waals surface area contributed by atoms with Crippen molar-refractivity contribution >= 4 is 0 Å². The lowest BCUT2D eigenvalue weighted by molar-refractivity contribution is 0.475. The average Bonchev–Trinajstić information content (AvgIpc) is 3.05. The number of unbranched alkanes of at least 4 members (excludes halogenated alkanes) is 2. The number of aromatic nitrogens is 2. The second-order valence-corrected chi connectivity index (χ2v) is 5.59. The first-order valence-corrected chi connectivity index (χ1v) is 7.97. The van der Waals surface area contributed by atoms with Crippen LogP contribution in [0.4, 0.5) is 0 Å². The molecule has 0 aliphatic heterocycles. The molecule has 0 fully saturated rings. The van der Waals surface area contributed by atoms with E-state index in [1.165, 1.54) is 12.0 Å². The molecular weight excluding hydrogens is 288 g/mol. The van der Waals surface area contributed by atoms with Gasteiger partial charge in [0.15, 0.2) is 0 Å². The lowest BCUT2D eigenvalue weighted by atomic mass is 10.1. The van der Waals surface area contributed by atoms with Crippen LogP contribution >= 0.6 is 0 Å². The highest BCUT2D eigenvalue weighted by atomic mass is 16.4. The summed E-state index contributed by atoms with van der Waals surface area (Å²) >= 11 is 0. The number of hydrogen-bond acceptors (Lipinski definition) is 4. The second-order valence-electron chi connectivity index (χ2n) is 5.59. The predicted molar refractivity (Wildman–Crippen MR) is 89.1 cm³/mol. The summed E-state index contributed by atoms with van der Waals surface area (Å²) in [7, 11) is 0. The van der Waals surface area contributed by atoms with Crippen LogP contribution in [0.5, 0.6) is 5.75 Å². The van der Waals surface area contributed by atoms with E-state index in [-0.39, 0.29) is 5.75 Å². The normalized spacial score (nSPS) is 10.8. The first-order chi connectivity index (χ1) is 11.3. The fourth-order valence-electron chi connectivity index (χ4n) is 2.50. The van der Waals surface area contributed by atoms with Crippen LogP contribution in [-0.4, -0.2) is 15.3 Å². The van der Waals surface area contributed by atoms with Crippen LogP contribution in [0.1, 0.15) is 30.7 Å². The molecule has 0 unspecified atom stereocenters. The molecule has 0 amide bonds. The van der Waals surface area contributed by atoms with E-state index in [4.69, 9.17) is 4.42 Å². The summed E-state index contributed by atoms with van der Waals surface area (Å²) in [5, 5.41) is 17.4. The Kier molecular flexibility index (Phi) is 5.04. The van der Waals surface area contributed by atoms with Crippen LogP contribution < -0.4 is 0 Å². The SMILES string of the molecule is Oc1ccc(-c2nnc(CCCCCc3ccccc3)o2)cc1. The molecule has 1 N–H and O–H groups in total. The van der Waals surface area contributed by atoms with Gasteiger partial charge in [0.2, 0.25) is 11.8 Å². The van der Waals surface area contributed by atoms with Crippen molar-refractivity contribution in [2.24, 2.45) is 0 Å². The number of hydrogen-bond donors (Lipinski definition) is 1. The fourth-order valence-corrected chi connectivity index (χ4v) is 2.50. The summed E-state index contributed by atoms with van der Waals surface area (Å²) in [6, 6.07) is 17.3. The number of aromatic hydroxyl groups is 1. The van der Waals surface area contributed by atoms with E-state index in [0.717, 1.165) is 31.2 Å². The molecule has 4 nitrogen and oxygen atoms in total. The average molecular weight is 308 g/mol. The van der Waals surface area contributed by atoms with Crippen molar-refractivity contribution in [3.05, 3.63) is 66.1 Å². The molecule has 0 radical (unpaired) electrons. The Hall–Kier alpha value is -2.62. The first kappa shape index (κ1) is 15.3. The molecule has 118 valence electrons. The Morgan fingerprint density at radius 3 is 2.30 bits per heavy atom. The fraction of sp³-hybridized carbons (Fsp3) is 0.263. The van der Waals surface area contributed by atoms with E-state index in [1.807, 2.05) is 6.07 Å². The molecule has 3 rings (SSSR count). The van der Waals surface area contributed by atoms with Crippen LogP contribution in [0, 0.1) is 0 Å². The maximum absolute atomic E-state index is 9.29. The van der Waals surface area contributed by atoms with Gasteiger partial charge in [0.05, 0.1) is 0 Å². The molecule has 0 aliphatic rings. The third-order valence-electron chi connectivity index (χ3n) is 3.78. The standard InChI is InChI=1S/C19H20N2O2/c22-17-13-11-16(12-14-17)19-21-20-18(23-19)10-6-2-5-9-15-7-3-1-4-8-15/h1,3-4,7-8,11-14,22H,2,5-6,9-10H2. The molecule has 0 spiro atoms. The van der Waals surface area contributed by atoms with Crippen molar-refractivity contribution in [3.63, 3.8) is 0 Å². The Labute approximate surface area is 135 Å². The van der Waals surface area contributed by atoms with Gasteiger partial charge in [0.25, 0.3) is 0 Å². The minimum absolute atomic E-state index is 0.229. The van der Waals surface area contributed by atoms with Gasteiger partial charge in [-0.25, -0.2) is 0 Å². The Morgan fingerprint density at radius 2 is 1.52 bits per heavy atom. The molecule has 0 aliphatic carbocycles. The number of benzene rings is 2. The molecule has 2 aromatic carbocycles. The van der Waals surface area contributed by atoms with Crippen molar-refractivity contribution in [2.45, 2.75) is 32.1 Å². The van der Waals surface area contributed by atoms with Gasteiger partial charge in [-0.1, -0.05) is 36.8 Å². The zero-order chi connectivity index (χ0) is 15.9. The molecule has 3 aromatic rings. The third-order valence-corrected chi connectivity index (χ3v) is 3.78. The summed E-state index contributed by atoms with van der Waals surface area (Å²) in [6.07, 6.45) is 5.28. The van der Waals surface area contributed by atoms with E-state index in [0.29, 0.717) is 11.8 Å². The second kappa shape index (κ2) is 7.58. The van der Waals surface area contributed by atoms with Gasteiger partial charge in [-0.15, -0.1) is 10.2 Å². The molecular formula is C19H20N2O2. The minimum atomic E-state index is 0.229. The zero-order valence-electron chi connectivity index (χ0n) is 13.0. The van der Waals surface area contributed by atoms with Crippen molar-refractivity contribution < 1.29 is 9.52 Å². The monoisotopic (exact) mass is 308 g/mol. The number of aryl methyl sites for hydroxylation is 2. The van der Waals surface area contributed by atoms with E-state index >= 15 is 0 Å². The Balaban J connectivity index is 1.43. The van der Waals surface area contributed by atoms with Gasteiger partial charge in [-0.2, -0.15) is 0 Å². The third kappa shape index (κ3) is 4.42. The number of phenolic OH excluding ortho intramolecular Hbond substituents is 1. The summed E-state index contributed by atoms with van der Waals surface area (Å²) in [4.78, 5) is 0. The quantitative estimate of drug-likeness (QED) is 0.657. The van der Waals surface area contributed by atoms with Crippen LogP contribution in [0.3, 0.4) is 0 Å². The lowest BCUT2D eigenvalue weighted by Gasteiger charge is -2.00. The number of nitrogens with zero attached hydrogens (tertiary/aromatic N) is 2. The van der Waals surface area contributed by atoms with Crippen LogP contribution in [0.2, 0.25) is 0 Å². The van der Waals surface area contributed by atoms with E-state index in [2.05, 4.69) is 34.5 Å². The highest BCUT2D eigenvalue weighted by Gasteiger charge is 2.08. The highest BCUT2D eigenvalue weighted by Crippen LogP contribution is 2.21. The number of phenols is 1. The van der Waals surface area contributed by atoms with Gasteiger partial charge < -0.3 is 9.52 Å². The number of rotatable bonds is 7. The smallest absolute Gasteiger partial charge is 0.247 e. The minimum Gasteiger partial charge on any atom is -0.508 e. The summed E-state index contributed by atoms with van der Waals surface area (Å²) in [6.45, 7) is 0. The van der Waals surface area contributed by atoms with E-state index in [1.54, 1.807) is 24.3 Å². The van der Waals surface area contributed by atoms with E-state index in [9.17, 15) is 5.11 Å². The van der Waals surface area contributed by atoms with Gasteiger partial charge in [-0.05, 0) is 49.1 Å². The predicted octanol–water partition coefficient (Wildman–Crippen LogP) is 4.40. The Bertz CT molecular complexity index is 721. The van der Waals surface area contributed by atoms with Crippen molar-refractivity contribution in [1.29, 1.82) is 0 Å². The molecule has 1 aromatic heterocycles. The largest absolute Gasteiger partial charge is 0.508 e. The summed E-state index contributed by atoms with van der Waals surface area (Å²) in [5.41, 5.74) is 2.21. The topological polar surface area (TPSA) is 59.2 Å². The van der Waals surface area contributed by atoms with Crippen molar-refractivity contribution in [2.75, 3.05) is 0 Å². The molecule has 1 heterocycles. The van der Waals surface area contributed by atoms with Crippen LogP contribution in [-0.2, 0) is 12.8 Å². The maximum atomic E-state index is 9.29.